The third-order valence-corrected chi connectivity index (χ3v) is 3.48. The Morgan fingerprint density at radius 2 is 1.82 bits per heavy atom. The van der Waals surface area contributed by atoms with E-state index in [9.17, 15) is 9.59 Å². The highest BCUT2D eigenvalue weighted by Crippen LogP contribution is 2.21. The number of thioether (sulfide) groups is 1. The van der Waals surface area contributed by atoms with Crippen molar-refractivity contribution in [2.45, 2.75) is 24.3 Å². The Morgan fingerprint density at radius 1 is 1.24 bits per heavy atom. The van der Waals surface area contributed by atoms with Crippen LogP contribution in [0.5, 0.6) is 0 Å². The maximum absolute atomic E-state index is 10.8. The van der Waals surface area contributed by atoms with E-state index in [2.05, 4.69) is 0 Å². The van der Waals surface area contributed by atoms with Gasteiger partial charge in [0.05, 0.1) is 6.42 Å². The second-order valence-electron chi connectivity index (χ2n) is 3.72. The number of carbonyl (C=O) groups is 2. The Hall–Kier alpha value is -1.49. The third kappa shape index (κ3) is 4.91. The Bertz CT molecular complexity index is 399. The first-order valence-electron chi connectivity index (χ1n) is 5.11. The molecule has 0 aliphatic rings. The number of hydrogen-bond acceptors (Lipinski definition) is 3. The minimum atomic E-state index is -1.09. The Labute approximate surface area is 104 Å². The molecule has 0 fully saturated rings. The molecule has 1 atom stereocenters. The van der Waals surface area contributed by atoms with Crippen LogP contribution < -0.4 is 0 Å². The molecule has 1 rings (SSSR count). The topological polar surface area (TPSA) is 74.6 Å². The predicted octanol–water partition coefficient (Wildman–Crippen LogP) is 2.16. The zero-order valence-electron chi connectivity index (χ0n) is 9.42. The molecular weight excluding hydrogens is 240 g/mol. The fourth-order valence-electron chi connectivity index (χ4n) is 1.26. The quantitative estimate of drug-likeness (QED) is 0.813. The van der Waals surface area contributed by atoms with Crippen molar-refractivity contribution in [1.82, 2.24) is 0 Å². The molecule has 1 aromatic carbocycles. The van der Waals surface area contributed by atoms with Gasteiger partial charge in [0.2, 0.25) is 0 Å². The monoisotopic (exact) mass is 254 g/mol. The van der Waals surface area contributed by atoms with Gasteiger partial charge in [0.25, 0.3) is 0 Å². The predicted molar refractivity (Wildman–Crippen MR) is 66.2 cm³/mol. The molecule has 0 aliphatic heterocycles. The van der Waals surface area contributed by atoms with Gasteiger partial charge < -0.3 is 10.2 Å². The number of rotatable bonds is 6. The van der Waals surface area contributed by atoms with Crippen LogP contribution in [0.2, 0.25) is 0 Å². The second kappa shape index (κ2) is 6.30. The summed E-state index contributed by atoms with van der Waals surface area (Å²) in [5.41, 5.74) is 2.14. The van der Waals surface area contributed by atoms with Gasteiger partial charge >= 0.3 is 11.9 Å². The third-order valence-electron chi connectivity index (χ3n) is 2.21. The molecule has 0 amide bonds. The number of hydrogen-bond donors (Lipinski definition) is 2. The minimum absolute atomic E-state index is 0.355. The van der Waals surface area contributed by atoms with Crippen LogP contribution >= 0.6 is 11.8 Å². The highest BCUT2D eigenvalue weighted by atomic mass is 32.2. The molecule has 4 nitrogen and oxygen atoms in total. The number of carboxylic acid groups (broad SMARTS) is 2. The van der Waals surface area contributed by atoms with E-state index in [1.807, 2.05) is 31.2 Å². The van der Waals surface area contributed by atoms with Crippen molar-refractivity contribution < 1.29 is 19.8 Å². The Morgan fingerprint density at radius 3 is 2.29 bits per heavy atom. The summed E-state index contributed by atoms with van der Waals surface area (Å²) in [5, 5.41) is 16.6. The molecule has 1 aromatic rings. The van der Waals surface area contributed by atoms with E-state index in [1.165, 1.54) is 0 Å². The van der Waals surface area contributed by atoms with E-state index in [0.717, 1.165) is 22.9 Å². The summed E-state index contributed by atoms with van der Waals surface area (Å²) in [6.07, 6.45) is -0.355. The van der Waals surface area contributed by atoms with Crippen LogP contribution in [0.3, 0.4) is 0 Å². The molecular formula is C12H14O4S. The standard InChI is InChI=1S/C12H14O4S/c1-8-2-4-9(5-3-8)7-17-10(12(15)16)6-11(13)14/h2-5,10H,6-7H2,1H3,(H,13,14)(H,15,16)/t10-/m1/s1. The Balaban J connectivity index is 2.54. The van der Waals surface area contributed by atoms with E-state index in [4.69, 9.17) is 10.2 Å². The Kier molecular flexibility index (Phi) is 5.03. The fraction of sp³-hybridized carbons (Fsp3) is 0.333. The van der Waals surface area contributed by atoms with Crippen LogP contribution in [0.1, 0.15) is 17.5 Å². The maximum atomic E-state index is 10.8. The summed E-state index contributed by atoms with van der Waals surface area (Å²) < 4.78 is 0. The summed E-state index contributed by atoms with van der Waals surface area (Å²) in [4.78, 5) is 21.3. The molecule has 0 bridgehead atoms. The van der Waals surface area contributed by atoms with E-state index < -0.39 is 17.2 Å². The molecule has 92 valence electrons. The number of carboxylic acids is 2. The molecule has 2 N–H and O–H groups in total. The molecule has 0 saturated carbocycles. The lowest BCUT2D eigenvalue weighted by atomic mass is 10.2. The lowest BCUT2D eigenvalue weighted by Crippen LogP contribution is -2.20. The summed E-state index contributed by atoms with van der Waals surface area (Å²) in [7, 11) is 0. The van der Waals surface area contributed by atoms with Gasteiger partial charge in [-0.1, -0.05) is 29.8 Å². The molecule has 0 aliphatic carbocycles. The summed E-state index contributed by atoms with van der Waals surface area (Å²) in [6.45, 7) is 1.97. The van der Waals surface area contributed by atoms with Crippen LogP contribution in [0.25, 0.3) is 0 Å². The van der Waals surface area contributed by atoms with Crippen molar-refractivity contribution in [2.75, 3.05) is 0 Å². The normalized spacial score (nSPS) is 12.1. The van der Waals surface area contributed by atoms with E-state index in [0.29, 0.717) is 5.75 Å². The molecule has 0 saturated heterocycles. The van der Waals surface area contributed by atoms with Crippen LogP contribution in [0.4, 0.5) is 0 Å². The first kappa shape index (κ1) is 13.6. The smallest absolute Gasteiger partial charge is 0.317 e. The first-order chi connectivity index (χ1) is 7.99. The second-order valence-corrected chi connectivity index (χ2v) is 4.91. The summed E-state index contributed by atoms with van der Waals surface area (Å²) in [6, 6.07) is 7.73. The zero-order valence-corrected chi connectivity index (χ0v) is 10.2. The van der Waals surface area contributed by atoms with E-state index in [1.54, 1.807) is 0 Å². The molecule has 0 heterocycles. The van der Waals surface area contributed by atoms with Crippen molar-refractivity contribution >= 4 is 23.7 Å². The van der Waals surface area contributed by atoms with Crippen molar-refractivity contribution in [2.24, 2.45) is 0 Å². The zero-order chi connectivity index (χ0) is 12.8. The molecule has 17 heavy (non-hydrogen) atoms. The molecule has 5 heteroatoms. The minimum Gasteiger partial charge on any atom is -0.481 e. The van der Waals surface area contributed by atoms with Crippen LogP contribution in [-0.2, 0) is 15.3 Å². The van der Waals surface area contributed by atoms with Gasteiger partial charge in [-0.15, -0.1) is 11.8 Å². The van der Waals surface area contributed by atoms with Gasteiger partial charge in [-0.25, -0.2) is 0 Å². The van der Waals surface area contributed by atoms with Crippen molar-refractivity contribution in [1.29, 1.82) is 0 Å². The van der Waals surface area contributed by atoms with E-state index in [-0.39, 0.29) is 6.42 Å². The molecule has 0 aromatic heterocycles. The molecule has 0 radical (unpaired) electrons. The van der Waals surface area contributed by atoms with Crippen LogP contribution in [0.15, 0.2) is 24.3 Å². The van der Waals surface area contributed by atoms with Gasteiger partial charge in [-0.2, -0.15) is 0 Å². The van der Waals surface area contributed by atoms with Crippen molar-refractivity contribution in [3.63, 3.8) is 0 Å². The van der Waals surface area contributed by atoms with Gasteiger partial charge in [0.1, 0.15) is 5.25 Å². The first-order valence-corrected chi connectivity index (χ1v) is 6.15. The van der Waals surface area contributed by atoms with Crippen LogP contribution in [0, 0.1) is 6.92 Å². The number of aryl methyl sites for hydroxylation is 1. The number of benzene rings is 1. The van der Waals surface area contributed by atoms with Gasteiger partial charge in [-0.3, -0.25) is 9.59 Å². The SMILES string of the molecule is Cc1ccc(CS[C@H](CC(=O)O)C(=O)O)cc1. The van der Waals surface area contributed by atoms with Crippen molar-refractivity contribution in [3.8, 4) is 0 Å². The van der Waals surface area contributed by atoms with Crippen molar-refractivity contribution in [3.05, 3.63) is 35.4 Å². The largest absolute Gasteiger partial charge is 0.481 e. The average Bonchev–Trinajstić information content (AvgIpc) is 2.25. The fourth-order valence-corrected chi connectivity index (χ4v) is 2.25. The summed E-state index contributed by atoms with van der Waals surface area (Å²) in [5.74, 6) is -1.66. The van der Waals surface area contributed by atoms with E-state index >= 15 is 0 Å². The van der Waals surface area contributed by atoms with Gasteiger partial charge in [-0.05, 0) is 12.5 Å². The molecule has 0 spiro atoms. The van der Waals surface area contributed by atoms with Gasteiger partial charge in [0.15, 0.2) is 0 Å². The lowest BCUT2D eigenvalue weighted by Gasteiger charge is -2.09. The van der Waals surface area contributed by atoms with Gasteiger partial charge in [0, 0.05) is 5.75 Å². The highest BCUT2D eigenvalue weighted by Gasteiger charge is 2.21. The summed E-state index contributed by atoms with van der Waals surface area (Å²) >= 11 is 1.14. The maximum Gasteiger partial charge on any atom is 0.317 e. The molecule has 0 unspecified atom stereocenters. The number of aliphatic carboxylic acids is 2. The highest BCUT2D eigenvalue weighted by molar-refractivity contribution is 7.99. The van der Waals surface area contributed by atoms with Crippen LogP contribution in [-0.4, -0.2) is 27.4 Å². The average molecular weight is 254 g/mol. The lowest BCUT2D eigenvalue weighted by molar-refractivity contribution is -0.142.